The second-order valence-corrected chi connectivity index (χ2v) is 7.64. The molecule has 0 bridgehead atoms. The summed E-state index contributed by atoms with van der Waals surface area (Å²) in [5, 5.41) is 3.46. The van der Waals surface area contributed by atoms with Gasteiger partial charge in [0.1, 0.15) is 5.75 Å². The molecule has 0 radical (unpaired) electrons. The normalized spacial score (nSPS) is 11.5. The van der Waals surface area contributed by atoms with Crippen molar-refractivity contribution in [3.8, 4) is 5.75 Å². The van der Waals surface area contributed by atoms with Crippen molar-refractivity contribution >= 4 is 32.6 Å². The third-order valence-electron chi connectivity index (χ3n) is 3.83. The fourth-order valence-corrected chi connectivity index (χ4v) is 3.34. The topological polar surface area (TPSA) is 51.2 Å². The number of hydrogen-bond donors (Lipinski definition) is 1. The third kappa shape index (κ3) is 3.26. The summed E-state index contributed by atoms with van der Waals surface area (Å²) in [5.41, 5.74) is 2.72. The molecule has 0 saturated heterocycles. The zero-order chi connectivity index (χ0) is 17.3. The fraction of sp³-hybridized carbons (Fsp3) is 0.263. The van der Waals surface area contributed by atoms with Crippen molar-refractivity contribution < 1.29 is 9.53 Å². The van der Waals surface area contributed by atoms with Gasteiger partial charge in [0.2, 0.25) is 0 Å². The molecule has 2 aromatic carbocycles. The van der Waals surface area contributed by atoms with Crippen LogP contribution in [0.1, 0.15) is 36.7 Å². The Labute approximate surface area is 145 Å². The molecule has 0 atom stereocenters. The van der Waals surface area contributed by atoms with Crippen LogP contribution < -0.4 is 10.1 Å². The Balaban J connectivity index is 1.89. The molecular formula is C19H20N2O2S. The summed E-state index contributed by atoms with van der Waals surface area (Å²) in [6, 6.07) is 13.4. The first-order chi connectivity index (χ1) is 11.4. The predicted octanol–water partition coefficient (Wildman–Crippen LogP) is 4.85. The van der Waals surface area contributed by atoms with Gasteiger partial charge < -0.3 is 4.74 Å². The summed E-state index contributed by atoms with van der Waals surface area (Å²) in [4.78, 5) is 17.0. The van der Waals surface area contributed by atoms with Gasteiger partial charge in [0.05, 0.1) is 22.9 Å². The second-order valence-electron chi connectivity index (χ2n) is 6.61. The largest absolute Gasteiger partial charge is 0.496 e. The van der Waals surface area contributed by atoms with Gasteiger partial charge in [-0.15, -0.1) is 0 Å². The fourth-order valence-electron chi connectivity index (χ4n) is 2.44. The molecule has 3 rings (SSSR count). The Bertz CT molecular complexity index is 894. The number of carbonyl (C=O) groups excluding carboxylic acids is 1. The zero-order valence-corrected chi connectivity index (χ0v) is 15.0. The van der Waals surface area contributed by atoms with Crippen molar-refractivity contribution in [2.24, 2.45) is 0 Å². The van der Waals surface area contributed by atoms with E-state index in [1.54, 1.807) is 19.2 Å². The number of anilines is 1. The molecule has 24 heavy (non-hydrogen) atoms. The minimum absolute atomic E-state index is 0.0823. The van der Waals surface area contributed by atoms with E-state index in [-0.39, 0.29) is 11.3 Å². The molecule has 124 valence electrons. The van der Waals surface area contributed by atoms with E-state index in [1.807, 2.05) is 18.2 Å². The standard InChI is InChI=1S/C19H20N2O2S/c1-19(2,3)12-9-10-14-16(11-12)24-18(20-14)21-17(22)13-7-5-6-8-15(13)23-4/h5-11H,1-4H3,(H,20,21,22). The lowest BCUT2D eigenvalue weighted by Gasteiger charge is -2.18. The smallest absolute Gasteiger partial charge is 0.261 e. The monoisotopic (exact) mass is 340 g/mol. The van der Waals surface area contributed by atoms with Gasteiger partial charge in [0.15, 0.2) is 5.13 Å². The van der Waals surface area contributed by atoms with E-state index in [9.17, 15) is 4.79 Å². The van der Waals surface area contributed by atoms with Gasteiger partial charge in [-0.25, -0.2) is 4.98 Å². The van der Waals surface area contributed by atoms with Crippen LogP contribution in [-0.4, -0.2) is 18.0 Å². The number of para-hydroxylation sites is 1. The van der Waals surface area contributed by atoms with E-state index in [1.165, 1.54) is 16.9 Å². The number of rotatable bonds is 3. The minimum atomic E-state index is -0.220. The average molecular weight is 340 g/mol. The van der Waals surface area contributed by atoms with E-state index < -0.39 is 0 Å². The van der Waals surface area contributed by atoms with Gasteiger partial charge in [-0.05, 0) is 35.2 Å². The molecule has 0 aliphatic heterocycles. The van der Waals surface area contributed by atoms with E-state index >= 15 is 0 Å². The second kappa shape index (κ2) is 6.24. The molecule has 0 aliphatic carbocycles. The molecule has 0 unspecified atom stereocenters. The Morgan fingerprint density at radius 3 is 2.62 bits per heavy atom. The highest BCUT2D eigenvalue weighted by Crippen LogP contribution is 2.31. The van der Waals surface area contributed by atoms with Gasteiger partial charge in [-0.2, -0.15) is 0 Å². The molecule has 0 saturated carbocycles. The number of carbonyl (C=O) groups is 1. The molecule has 3 aromatic rings. The highest BCUT2D eigenvalue weighted by Gasteiger charge is 2.17. The molecule has 1 aromatic heterocycles. The number of amides is 1. The molecule has 4 nitrogen and oxygen atoms in total. The van der Waals surface area contributed by atoms with Crippen molar-refractivity contribution in [1.82, 2.24) is 4.98 Å². The summed E-state index contributed by atoms with van der Waals surface area (Å²) in [5.74, 6) is 0.327. The number of fused-ring (bicyclic) bond motifs is 1. The van der Waals surface area contributed by atoms with Gasteiger partial charge >= 0.3 is 0 Å². The van der Waals surface area contributed by atoms with Crippen LogP contribution >= 0.6 is 11.3 Å². The van der Waals surface area contributed by atoms with Crippen molar-refractivity contribution in [2.75, 3.05) is 12.4 Å². The Hall–Kier alpha value is -2.40. The summed E-state index contributed by atoms with van der Waals surface area (Å²) in [7, 11) is 1.55. The van der Waals surface area contributed by atoms with Crippen LogP contribution in [0.2, 0.25) is 0 Å². The number of benzene rings is 2. The predicted molar refractivity (Wildman–Crippen MR) is 99.3 cm³/mol. The lowest BCUT2D eigenvalue weighted by atomic mass is 9.87. The first-order valence-corrected chi connectivity index (χ1v) is 8.55. The van der Waals surface area contributed by atoms with E-state index in [2.05, 4.69) is 43.2 Å². The number of aromatic nitrogens is 1. The Morgan fingerprint density at radius 2 is 1.92 bits per heavy atom. The van der Waals surface area contributed by atoms with Gasteiger partial charge in [0.25, 0.3) is 5.91 Å². The maximum absolute atomic E-state index is 12.5. The van der Waals surface area contributed by atoms with Crippen LogP contribution in [0.25, 0.3) is 10.2 Å². The van der Waals surface area contributed by atoms with E-state index in [0.29, 0.717) is 16.4 Å². The number of methoxy groups -OCH3 is 1. The number of ether oxygens (including phenoxy) is 1. The number of nitrogens with zero attached hydrogens (tertiary/aromatic N) is 1. The molecule has 1 heterocycles. The minimum Gasteiger partial charge on any atom is -0.496 e. The Kier molecular flexibility index (Phi) is 4.28. The summed E-state index contributed by atoms with van der Waals surface area (Å²) >= 11 is 1.48. The van der Waals surface area contributed by atoms with Gasteiger partial charge in [-0.3, -0.25) is 10.1 Å². The first-order valence-electron chi connectivity index (χ1n) is 7.74. The van der Waals surface area contributed by atoms with Crippen molar-refractivity contribution in [3.05, 3.63) is 53.6 Å². The van der Waals surface area contributed by atoms with Crippen LogP contribution in [0.4, 0.5) is 5.13 Å². The van der Waals surface area contributed by atoms with Gasteiger partial charge in [-0.1, -0.05) is 50.3 Å². The van der Waals surface area contributed by atoms with E-state index in [0.717, 1.165) is 10.2 Å². The highest BCUT2D eigenvalue weighted by molar-refractivity contribution is 7.22. The quantitative estimate of drug-likeness (QED) is 0.741. The molecule has 1 N–H and O–H groups in total. The molecule has 5 heteroatoms. The third-order valence-corrected chi connectivity index (χ3v) is 4.76. The summed E-state index contributed by atoms with van der Waals surface area (Å²) in [6.07, 6.45) is 0. The van der Waals surface area contributed by atoms with Crippen LogP contribution in [0.5, 0.6) is 5.75 Å². The van der Waals surface area contributed by atoms with Crippen LogP contribution in [0.3, 0.4) is 0 Å². The molecule has 0 spiro atoms. The summed E-state index contributed by atoms with van der Waals surface area (Å²) in [6.45, 7) is 6.54. The van der Waals surface area contributed by atoms with Crippen LogP contribution in [0.15, 0.2) is 42.5 Å². The van der Waals surface area contributed by atoms with Crippen LogP contribution in [0, 0.1) is 0 Å². The lowest BCUT2D eigenvalue weighted by molar-refractivity contribution is 0.102. The number of thiazole rings is 1. The van der Waals surface area contributed by atoms with E-state index in [4.69, 9.17) is 4.74 Å². The molecular weight excluding hydrogens is 320 g/mol. The SMILES string of the molecule is COc1ccccc1C(=O)Nc1nc2ccc(C(C)(C)C)cc2s1. The molecule has 0 fully saturated rings. The summed E-state index contributed by atoms with van der Waals surface area (Å²) < 4.78 is 6.31. The molecule has 1 amide bonds. The first kappa shape index (κ1) is 16.5. The Morgan fingerprint density at radius 1 is 1.17 bits per heavy atom. The van der Waals surface area contributed by atoms with Gasteiger partial charge in [0, 0.05) is 0 Å². The zero-order valence-electron chi connectivity index (χ0n) is 14.2. The van der Waals surface area contributed by atoms with Crippen molar-refractivity contribution in [2.45, 2.75) is 26.2 Å². The number of hydrogen-bond acceptors (Lipinski definition) is 4. The lowest BCUT2D eigenvalue weighted by Crippen LogP contribution is -2.12. The van der Waals surface area contributed by atoms with Crippen molar-refractivity contribution in [1.29, 1.82) is 0 Å². The van der Waals surface area contributed by atoms with Crippen molar-refractivity contribution in [3.63, 3.8) is 0 Å². The highest BCUT2D eigenvalue weighted by atomic mass is 32.1. The maximum atomic E-state index is 12.5. The number of nitrogens with one attached hydrogen (secondary N) is 1. The average Bonchev–Trinajstić information content (AvgIpc) is 2.95. The molecule has 0 aliphatic rings. The van der Waals surface area contributed by atoms with Crippen LogP contribution in [-0.2, 0) is 5.41 Å². The maximum Gasteiger partial charge on any atom is 0.261 e.